The van der Waals surface area contributed by atoms with E-state index in [0.717, 1.165) is 12.3 Å². The van der Waals surface area contributed by atoms with Gasteiger partial charge in [-0.05, 0) is 17.7 Å². The Hall–Kier alpha value is -2.19. The van der Waals surface area contributed by atoms with E-state index < -0.39 is 11.9 Å². The first-order valence-corrected chi connectivity index (χ1v) is 4.57. The number of hydrogen-bond donors (Lipinski definition) is 0. The monoisotopic (exact) mass is 240 g/mol. The molecule has 0 N–H and O–H groups in total. The Bertz CT molecular complexity index is 492. The average Bonchev–Trinajstić information content (AvgIpc) is 2.28. The fourth-order valence-corrected chi connectivity index (χ4v) is 0.979. The van der Waals surface area contributed by atoms with Crippen molar-refractivity contribution in [3.8, 4) is 11.8 Å². The molecule has 0 unspecified atom stereocenters. The smallest absolute Gasteiger partial charge is 0.252 e. The number of nitrogens with zero attached hydrogens (tertiary/aromatic N) is 4. The molecule has 0 amide bonds. The summed E-state index contributed by atoms with van der Waals surface area (Å²) in [6, 6.07) is 2.26. The van der Waals surface area contributed by atoms with Crippen molar-refractivity contribution in [1.82, 2.24) is 4.98 Å². The van der Waals surface area contributed by atoms with Gasteiger partial charge in [0.15, 0.2) is 0 Å². The summed E-state index contributed by atoms with van der Waals surface area (Å²) in [4.78, 5) is 5.73. The number of hydrogen-bond acceptors (Lipinski definition) is 2. The van der Waals surface area contributed by atoms with E-state index in [2.05, 4.69) is 26.9 Å². The van der Waals surface area contributed by atoms with Crippen LogP contribution in [0.5, 0.6) is 0 Å². The molecule has 1 heterocycles. The Morgan fingerprint density at radius 3 is 2.88 bits per heavy atom. The zero-order chi connectivity index (χ0) is 12.7. The Morgan fingerprint density at radius 2 is 2.24 bits per heavy atom. The van der Waals surface area contributed by atoms with Gasteiger partial charge in [0, 0.05) is 29.6 Å². The molecule has 0 aliphatic heterocycles. The maximum absolute atomic E-state index is 12.3. The molecule has 0 saturated carbocycles. The molecule has 7 heteroatoms. The number of alkyl halides is 3. The summed E-state index contributed by atoms with van der Waals surface area (Å²) in [5, 5.41) is 3.25. The number of pyridine rings is 1. The third-order valence-electron chi connectivity index (χ3n) is 1.68. The van der Waals surface area contributed by atoms with Crippen molar-refractivity contribution in [3.63, 3.8) is 0 Å². The molecular formula is C10H7F3N4. The number of halogens is 3. The summed E-state index contributed by atoms with van der Waals surface area (Å²) >= 11 is 0. The van der Waals surface area contributed by atoms with E-state index >= 15 is 0 Å². The highest BCUT2D eigenvalue weighted by Gasteiger charge is 2.32. The highest BCUT2D eigenvalue weighted by atomic mass is 19.4. The summed E-state index contributed by atoms with van der Waals surface area (Å²) in [5.41, 5.74) is 7.24. The van der Waals surface area contributed by atoms with Crippen LogP contribution >= 0.6 is 0 Å². The lowest BCUT2D eigenvalue weighted by Crippen LogP contribution is -2.07. The van der Waals surface area contributed by atoms with Crippen molar-refractivity contribution < 1.29 is 13.2 Å². The van der Waals surface area contributed by atoms with E-state index in [1.165, 1.54) is 6.07 Å². The largest absolute Gasteiger partial charge is 0.433 e. The maximum atomic E-state index is 12.3. The molecule has 0 radical (unpaired) electrons. The molecule has 88 valence electrons. The van der Waals surface area contributed by atoms with Crippen LogP contribution in [0, 0.1) is 11.8 Å². The molecule has 0 bridgehead atoms. The van der Waals surface area contributed by atoms with Crippen molar-refractivity contribution in [1.29, 1.82) is 0 Å². The SMILES string of the molecule is [N-]=[N+]=NCCC#Cc1ccnc(C(F)(F)F)c1. The van der Waals surface area contributed by atoms with Gasteiger partial charge in [-0.15, -0.1) is 0 Å². The Kier molecular flexibility index (Phi) is 4.37. The fourth-order valence-electron chi connectivity index (χ4n) is 0.979. The molecule has 1 aromatic rings. The third kappa shape index (κ3) is 4.45. The second kappa shape index (κ2) is 5.77. The molecule has 0 aliphatic rings. The van der Waals surface area contributed by atoms with E-state index in [1.807, 2.05) is 0 Å². The van der Waals surface area contributed by atoms with Crippen LogP contribution in [0.15, 0.2) is 23.4 Å². The molecule has 0 fully saturated rings. The van der Waals surface area contributed by atoms with Crippen molar-refractivity contribution in [3.05, 3.63) is 40.0 Å². The third-order valence-corrected chi connectivity index (χ3v) is 1.68. The molecule has 1 rings (SSSR count). The molecule has 1 aromatic heterocycles. The van der Waals surface area contributed by atoms with E-state index in [-0.39, 0.29) is 12.1 Å². The second-order valence-corrected chi connectivity index (χ2v) is 2.93. The van der Waals surface area contributed by atoms with Gasteiger partial charge >= 0.3 is 6.18 Å². The number of aromatic nitrogens is 1. The first-order valence-electron chi connectivity index (χ1n) is 4.57. The second-order valence-electron chi connectivity index (χ2n) is 2.93. The molecule has 4 nitrogen and oxygen atoms in total. The van der Waals surface area contributed by atoms with Gasteiger partial charge < -0.3 is 0 Å². The molecule has 17 heavy (non-hydrogen) atoms. The Labute approximate surface area is 95.1 Å². The highest BCUT2D eigenvalue weighted by molar-refractivity contribution is 5.34. The topological polar surface area (TPSA) is 61.7 Å². The lowest BCUT2D eigenvalue weighted by atomic mass is 10.2. The summed E-state index contributed by atoms with van der Waals surface area (Å²) < 4.78 is 36.9. The van der Waals surface area contributed by atoms with Gasteiger partial charge in [-0.3, -0.25) is 4.98 Å². The van der Waals surface area contributed by atoms with Gasteiger partial charge in [0.2, 0.25) is 0 Å². The summed E-state index contributed by atoms with van der Waals surface area (Å²) in [6.45, 7) is 0.195. The lowest BCUT2D eigenvalue weighted by molar-refractivity contribution is -0.141. The predicted molar refractivity (Wildman–Crippen MR) is 54.7 cm³/mol. The number of rotatable bonds is 2. The van der Waals surface area contributed by atoms with Crippen molar-refractivity contribution in [2.24, 2.45) is 5.11 Å². The molecular weight excluding hydrogens is 233 g/mol. The van der Waals surface area contributed by atoms with Crippen LogP contribution in [-0.4, -0.2) is 11.5 Å². The zero-order valence-corrected chi connectivity index (χ0v) is 8.57. The molecule has 0 atom stereocenters. The van der Waals surface area contributed by atoms with Crippen LogP contribution in [0.25, 0.3) is 10.4 Å². The maximum Gasteiger partial charge on any atom is 0.433 e. The highest BCUT2D eigenvalue weighted by Crippen LogP contribution is 2.27. The first-order chi connectivity index (χ1) is 8.04. The van der Waals surface area contributed by atoms with Gasteiger partial charge in [-0.2, -0.15) is 13.2 Å². The Morgan fingerprint density at radius 1 is 1.47 bits per heavy atom. The molecule has 0 aromatic carbocycles. The van der Waals surface area contributed by atoms with Gasteiger partial charge in [0.25, 0.3) is 0 Å². The average molecular weight is 240 g/mol. The van der Waals surface area contributed by atoms with Crippen LogP contribution in [0.4, 0.5) is 13.2 Å². The quantitative estimate of drug-likeness (QED) is 0.257. The van der Waals surface area contributed by atoms with E-state index in [9.17, 15) is 13.2 Å². The lowest BCUT2D eigenvalue weighted by Gasteiger charge is -2.04. The minimum atomic E-state index is -4.47. The van der Waals surface area contributed by atoms with Crippen LogP contribution in [0.2, 0.25) is 0 Å². The summed E-state index contributed by atoms with van der Waals surface area (Å²) in [5.74, 6) is 5.15. The predicted octanol–water partition coefficient (Wildman–Crippen LogP) is 3.15. The standard InChI is InChI=1S/C10H7F3N4/c11-10(12,13)9-7-8(4-6-15-9)3-1-2-5-16-17-14/h4,6-7H,2,5H2. The minimum Gasteiger partial charge on any atom is -0.252 e. The van der Waals surface area contributed by atoms with Crippen LogP contribution in [-0.2, 0) is 6.18 Å². The zero-order valence-electron chi connectivity index (χ0n) is 8.57. The van der Waals surface area contributed by atoms with Crippen molar-refractivity contribution >= 4 is 0 Å². The van der Waals surface area contributed by atoms with Crippen molar-refractivity contribution in [2.45, 2.75) is 12.6 Å². The van der Waals surface area contributed by atoms with Crippen LogP contribution < -0.4 is 0 Å². The van der Waals surface area contributed by atoms with Crippen LogP contribution in [0.3, 0.4) is 0 Å². The summed E-state index contributed by atoms with van der Waals surface area (Å²) in [6.07, 6.45) is -3.11. The van der Waals surface area contributed by atoms with E-state index in [0.29, 0.717) is 6.42 Å². The van der Waals surface area contributed by atoms with Crippen LogP contribution in [0.1, 0.15) is 17.7 Å². The Balaban J connectivity index is 2.75. The van der Waals surface area contributed by atoms with Crippen molar-refractivity contribution in [2.75, 3.05) is 6.54 Å². The van der Waals surface area contributed by atoms with E-state index in [1.54, 1.807) is 0 Å². The van der Waals surface area contributed by atoms with Gasteiger partial charge in [-0.1, -0.05) is 17.0 Å². The number of azide groups is 1. The van der Waals surface area contributed by atoms with Gasteiger partial charge in [-0.25, -0.2) is 0 Å². The van der Waals surface area contributed by atoms with E-state index in [4.69, 9.17) is 5.53 Å². The molecule has 0 saturated heterocycles. The minimum absolute atomic E-state index is 0.195. The van der Waals surface area contributed by atoms with Gasteiger partial charge in [0.1, 0.15) is 5.69 Å². The molecule has 0 spiro atoms. The molecule has 0 aliphatic carbocycles. The first kappa shape index (κ1) is 12.9. The summed E-state index contributed by atoms with van der Waals surface area (Å²) in [7, 11) is 0. The fraction of sp³-hybridized carbons (Fsp3) is 0.300. The normalized spacial score (nSPS) is 10.1. The van der Waals surface area contributed by atoms with Gasteiger partial charge in [0.05, 0.1) is 0 Å².